The van der Waals surface area contributed by atoms with Crippen LogP contribution in [-0.4, -0.2) is 39.7 Å². The molecule has 2 aromatic rings. The first kappa shape index (κ1) is 18.0. The maximum absolute atomic E-state index is 12.4. The van der Waals surface area contributed by atoms with E-state index >= 15 is 0 Å². The highest BCUT2D eigenvalue weighted by atomic mass is 16.3. The summed E-state index contributed by atoms with van der Waals surface area (Å²) in [6.07, 6.45) is 4.74. The van der Waals surface area contributed by atoms with Gasteiger partial charge in [-0.15, -0.1) is 0 Å². The molecule has 0 bridgehead atoms. The molecular weight excluding hydrogens is 334 g/mol. The highest BCUT2D eigenvalue weighted by Crippen LogP contribution is 2.19. The van der Waals surface area contributed by atoms with Gasteiger partial charge < -0.3 is 20.0 Å². The number of carbonyl (C=O) groups is 2. The molecule has 140 valence electrons. The average Bonchev–Trinajstić information content (AvgIpc) is 3.29. The highest BCUT2D eigenvalue weighted by molar-refractivity contribution is 5.90. The number of nitrogens with zero attached hydrogens (tertiary/aromatic N) is 3. The SMILES string of the molecule is CCn1cc(NC(=O)N2CCC(C(=O)NCc3ccco3)CC2)c(C)n1. The van der Waals surface area contributed by atoms with Gasteiger partial charge in [-0.2, -0.15) is 5.10 Å². The molecule has 8 nitrogen and oxygen atoms in total. The number of furan rings is 1. The molecule has 0 radical (unpaired) electrons. The first-order valence-corrected chi connectivity index (χ1v) is 8.97. The molecule has 1 fully saturated rings. The smallest absolute Gasteiger partial charge is 0.321 e. The van der Waals surface area contributed by atoms with Crippen molar-refractivity contribution in [3.8, 4) is 0 Å². The van der Waals surface area contributed by atoms with Gasteiger partial charge in [-0.3, -0.25) is 9.48 Å². The third-order valence-corrected chi connectivity index (χ3v) is 4.68. The Morgan fingerprint density at radius 3 is 2.73 bits per heavy atom. The van der Waals surface area contributed by atoms with Gasteiger partial charge in [0, 0.05) is 31.7 Å². The summed E-state index contributed by atoms with van der Waals surface area (Å²) in [4.78, 5) is 26.4. The Morgan fingerprint density at radius 2 is 2.12 bits per heavy atom. The summed E-state index contributed by atoms with van der Waals surface area (Å²) in [5.41, 5.74) is 1.53. The van der Waals surface area contributed by atoms with E-state index in [1.54, 1.807) is 21.9 Å². The topological polar surface area (TPSA) is 92.4 Å². The summed E-state index contributed by atoms with van der Waals surface area (Å²) in [5.74, 6) is 0.679. The standard InChI is InChI=1S/C18H25N5O3/c1-3-23-12-16(13(2)21-23)20-18(25)22-8-6-14(7-9-22)17(24)19-11-15-5-4-10-26-15/h4-5,10,12,14H,3,6-9,11H2,1-2H3,(H,19,24)(H,20,25). The van der Waals surface area contributed by atoms with Crippen molar-refractivity contribution in [3.63, 3.8) is 0 Å². The molecule has 1 aliphatic heterocycles. The van der Waals surface area contributed by atoms with E-state index in [0.29, 0.717) is 32.5 Å². The normalized spacial score (nSPS) is 15.1. The fourth-order valence-corrected chi connectivity index (χ4v) is 3.07. The van der Waals surface area contributed by atoms with Gasteiger partial charge in [0.25, 0.3) is 0 Å². The highest BCUT2D eigenvalue weighted by Gasteiger charge is 2.27. The van der Waals surface area contributed by atoms with Gasteiger partial charge in [0.05, 0.1) is 24.2 Å². The zero-order valence-electron chi connectivity index (χ0n) is 15.2. The molecule has 3 heterocycles. The lowest BCUT2D eigenvalue weighted by Gasteiger charge is -2.31. The summed E-state index contributed by atoms with van der Waals surface area (Å²) in [7, 11) is 0. The van der Waals surface area contributed by atoms with E-state index < -0.39 is 0 Å². The number of nitrogens with one attached hydrogen (secondary N) is 2. The van der Waals surface area contributed by atoms with Crippen LogP contribution in [0, 0.1) is 12.8 Å². The van der Waals surface area contributed by atoms with Gasteiger partial charge in [-0.25, -0.2) is 4.79 Å². The van der Waals surface area contributed by atoms with Crippen molar-refractivity contribution < 1.29 is 14.0 Å². The Labute approximate surface area is 152 Å². The number of piperidine rings is 1. The Bertz CT molecular complexity index is 745. The lowest BCUT2D eigenvalue weighted by atomic mass is 9.96. The Balaban J connectivity index is 1.45. The zero-order chi connectivity index (χ0) is 18.5. The molecule has 0 unspecified atom stereocenters. The van der Waals surface area contributed by atoms with Crippen LogP contribution >= 0.6 is 0 Å². The first-order chi connectivity index (χ1) is 12.6. The largest absolute Gasteiger partial charge is 0.467 e. The van der Waals surface area contributed by atoms with Gasteiger partial charge in [0.2, 0.25) is 5.91 Å². The Hall–Kier alpha value is -2.77. The van der Waals surface area contributed by atoms with Gasteiger partial charge in [-0.05, 0) is 38.8 Å². The van der Waals surface area contributed by atoms with Crippen LogP contribution in [0.5, 0.6) is 0 Å². The van der Waals surface area contributed by atoms with Crippen molar-refractivity contribution in [1.82, 2.24) is 20.0 Å². The summed E-state index contributed by atoms with van der Waals surface area (Å²) < 4.78 is 7.01. The number of amides is 3. The van der Waals surface area contributed by atoms with E-state index in [1.165, 1.54) is 0 Å². The van der Waals surface area contributed by atoms with Gasteiger partial charge in [0.1, 0.15) is 5.76 Å². The second-order valence-electron chi connectivity index (χ2n) is 6.47. The molecule has 0 saturated carbocycles. The fraction of sp³-hybridized carbons (Fsp3) is 0.500. The quantitative estimate of drug-likeness (QED) is 0.857. The van der Waals surface area contributed by atoms with Crippen molar-refractivity contribution in [1.29, 1.82) is 0 Å². The number of aryl methyl sites for hydroxylation is 2. The Kier molecular flexibility index (Phi) is 5.60. The molecule has 0 atom stereocenters. The number of anilines is 1. The molecule has 0 aliphatic carbocycles. The maximum atomic E-state index is 12.4. The maximum Gasteiger partial charge on any atom is 0.321 e. The third kappa shape index (κ3) is 4.25. The predicted octanol–water partition coefficient (Wildman–Crippen LogP) is 2.36. The molecule has 26 heavy (non-hydrogen) atoms. The second-order valence-corrected chi connectivity index (χ2v) is 6.47. The van der Waals surface area contributed by atoms with Crippen molar-refractivity contribution >= 4 is 17.6 Å². The van der Waals surface area contributed by atoms with E-state index in [4.69, 9.17) is 4.42 Å². The molecule has 2 N–H and O–H groups in total. The molecule has 3 amide bonds. The number of urea groups is 1. The number of hydrogen-bond acceptors (Lipinski definition) is 4. The van der Waals surface area contributed by atoms with Gasteiger partial charge in [-0.1, -0.05) is 0 Å². The second kappa shape index (κ2) is 8.07. The lowest BCUT2D eigenvalue weighted by Crippen LogP contribution is -2.44. The number of hydrogen-bond donors (Lipinski definition) is 2. The fourth-order valence-electron chi connectivity index (χ4n) is 3.07. The number of rotatable bonds is 5. The van der Waals surface area contributed by atoms with Crippen LogP contribution in [0.2, 0.25) is 0 Å². The summed E-state index contributed by atoms with van der Waals surface area (Å²) in [6.45, 7) is 6.15. The van der Waals surface area contributed by atoms with E-state index in [9.17, 15) is 9.59 Å². The van der Waals surface area contributed by atoms with Crippen molar-refractivity contribution in [3.05, 3.63) is 36.0 Å². The summed E-state index contributed by atoms with van der Waals surface area (Å²) in [6, 6.07) is 3.48. The van der Waals surface area contributed by atoms with Crippen LogP contribution in [0.1, 0.15) is 31.2 Å². The van der Waals surface area contributed by atoms with E-state index in [1.807, 2.05) is 26.1 Å². The van der Waals surface area contributed by atoms with E-state index in [0.717, 1.165) is 23.7 Å². The van der Waals surface area contributed by atoms with Gasteiger partial charge >= 0.3 is 6.03 Å². The van der Waals surface area contributed by atoms with Gasteiger partial charge in [0.15, 0.2) is 0 Å². The minimum Gasteiger partial charge on any atom is -0.467 e. The molecule has 8 heteroatoms. The number of carbonyl (C=O) groups excluding carboxylic acids is 2. The van der Waals surface area contributed by atoms with Crippen LogP contribution in [-0.2, 0) is 17.9 Å². The third-order valence-electron chi connectivity index (χ3n) is 4.68. The monoisotopic (exact) mass is 359 g/mol. The van der Waals surface area contributed by atoms with Crippen molar-refractivity contribution in [2.24, 2.45) is 5.92 Å². The summed E-state index contributed by atoms with van der Waals surface area (Å²) >= 11 is 0. The Morgan fingerprint density at radius 1 is 1.35 bits per heavy atom. The molecule has 1 aliphatic rings. The zero-order valence-corrected chi connectivity index (χ0v) is 15.2. The minimum absolute atomic E-state index is 0.0153. The van der Waals surface area contributed by atoms with Crippen molar-refractivity contribution in [2.75, 3.05) is 18.4 Å². The number of aromatic nitrogens is 2. The van der Waals surface area contributed by atoms with Crippen molar-refractivity contribution in [2.45, 2.75) is 39.8 Å². The van der Waals surface area contributed by atoms with E-state index in [2.05, 4.69) is 15.7 Å². The predicted molar refractivity (Wildman–Crippen MR) is 96.5 cm³/mol. The first-order valence-electron chi connectivity index (χ1n) is 8.97. The average molecular weight is 359 g/mol. The molecule has 1 saturated heterocycles. The molecular formula is C18H25N5O3. The summed E-state index contributed by atoms with van der Waals surface area (Å²) in [5, 5.41) is 10.1. The molecule has 0 spiro atoms. The minimum atomic E-state index is -0.141. The van der Waals surface area contributed by atoms with Crippen LogP contribution in [0.15, 0.2) is 29.0 Å². The van der Waals surface area contributed by atoms with E-state index in [-0.39, 0.29) is 17.9 Å². The lowest BCUT2D eigenvalue weighted by molar-refractivity contribution is -0.126. The van der Waals surface area contributed by atoms with Crippen LogP contribution in [0.3, 0.4) is 0 Å². The number of likely N-dealkylation sites (tertiary alicyclic amines) is 1. The molecule has 0 aromatic carbocycles. The van der Waals surface area contributed by atoms with Crippen LogP contribution in [0.4, 0.5) is 10.5 Å². The van der Waals surface area contributed by atoms with Crippen LogP contribution in [0.25, 0.3) is 0 Å². The van der Waals surface area contributed by atoms with Crippen LogP contribution < -0.4 is 10.6 Å². The molecule has 2 aromatic heterocycles. The molecule has 3 rings (SSSR count).